The van der Waals surface area contributed by atoms with E-state index in [1.165, 1.54) is 0 Å². The van der Waals surface area contributed by atoms with Gasteiger partial charge in [-0.3, -0.25) is 4.79 Å². The fourth-order valence-electron chi connectivity index (χ4n) is 2.26. The lowest BCUT2D eigenvalue weighted by molar-refractivity contribution is -0.120. The minimum atomic E-state index is 0.0420. The number of H-pyrrole nitrogens is 1. The number of rotatable bonds is 5. The number of ether oxygens (including phenoxy) is 1. The van der Waals surface area contributed by atoms with Crippen LogP contribution in [-0.2, 0) is 4.79 Å². The van der Waals surface area contributed by atoms with Crippen molar-refractivity contribution in [2.75, 3.05) is 13.7 Å². The summed E-state index contributed by atoms with van der Waals surface area (Å²) in [6.45, 7) is 4.45. The summed E-state index contributed by atoms with van der Waals surface area (Å²) in [5, 5.41) is 4.70. The molecular formula is C15H18Cl2N2O2. The number of hydrogen-bond donors (Lipinski definition) is 2. The van der Waals surface area contributed by atoms with Crippen LogP contribution in [-0.4, -0.2) is 24.5 Å². The first kappa shape index (κ1) is 16.0. The highest BCUT2D eigenvalue weighted by atomic mass is 35.5. The molecule has 1 atom stereocenters. The summed E-state index contributed by atoms with van der Waals surface area (Å²) < 4.78 is 5.25. The second-order valence-electron chi connectivity index (χ2n) is 4.93. The predicted molar refractivity (Wildman–Crippen MR) is 86.6 cm³/mol. The van der Waals surface area contributed by atoms with E-state index in [0.29, 0.717) is 28.8 Å². The van der Waals surface area contributed by atoms with Gasteiger partial charge in [0.05, 0.1) is 17.6 Å². The molecule has 1 aromatic heterocycles. The van der Waals surface area contributed by atoms with Crippen LogP contribution in [0.15, 0.2) is 12.3 Å². The maximum absolute atomic E-state index is 11.4. The zero-order valence-corrected chi connectivity index (χ0v) is 13.7. The van der Waals surface area contributed by atoms with Gasteiger partial charge < -0.3 is 15.0 Å². The molecule has 2 rings (SSSR count). The van der Waals surface area contributed by atoms with Gasteiger partial charge in [0.2, 0.25) is 5.91 Å². The summed E-state index contributed by atoms with van der Waals surface area (Å²) in [7, 11) is 1.56. The molecule has 114 valence electrons. The largest absolute Gasteiger partial charge is 0.495 e. The van der Waals surface area contributed by atoms with Crippen molar-refractivity contribution in [1.29, 1.82) is 0 Å². The minimum absolute atomic E-state index is 0.0420. The highest BCUT2D eigenvalue weighted by Gasteiger charge is 2.18. The zero-order valence-electron chi connectivity index (χ0n) is 12.2. The zero-order chi connectivity index (χ0) is 15.6. The van der Waals surface area contributed by atoms with Crippen LogP contribution in [0.2, 0.25) is 10.0 Å². The van der Waals surface area contributed by atoms with E-state index in [1.54, 1.807) is 7.11 Å². The molecule has 2 N–H and O–H groups in total. The molecule has 1 heterocycles. The molecule has 0 saturated carbocycles. The van der Waals surface area contributed by atoms with Crippen LogP contribution in [0.3, 0.4) is 0 Å². The molecule has 1 amide bonds. The molecule has 0 saturated heterocycles. The van der Waals surface area contributed by atoms with Crippen molar-refractivity contribution in [2.45, 2.75) is 26.2 Å². The lowest BCUT2D eigenvalue weighted by Gasteiger charge is -2.13. The average Bonchev–Trinajstić information content (AvgIpc) is 2.91. The second kappa shape index (κ2) is 6.58. The molecule has 0 aliphatic carbocycles. The lowest BCUT2D eigenvalue weighted by Crippen LogP contribution is -2.26. The molecule has 0 radical (unpaired) electrons. The molecule has 0 spiro atoms. The van der Waals surface area contributed by atoms with E-state index >= 15 is 0 Å². The predicted octanol–water partition coefficient (Wildman–Crippen LogP) is 4.11. The van der Waals surface area contributed by atoms with Gasteiger partial charge in [0.1, 0.15) is 10.8 Å². The number of benzene rings is 1. The Labute approximate surface area is 133 Å². The number of halogens is 2. The summed E-state index contributed by atoms with van der Waals surface area (Å²) in [5.41, 5.74) is 1.85. The Morgan fingerprint density at radius 2 is 2.14 bits per heavy atom. The number of carbonyl (C=O) groups is 1. The Kier molecular flexibility index (Phi) is 5.01. The summed E-state index contributed by atoms with van der Waals surface area (Å²) in [6.07, 6.45) is 2.38. The van der Waals surface area contributed by atoms with E-state index in [9.17, 15) is 4.79 Å². The van der Waals surface area contributed by atoms with Crippen molar-refractivity contribution in [3.8, 4) is 5.75 Å². The summed E-state index contributed by atoms with van der Waals surface area (Å²) in [6, 6.07) is 1.87. The van der Waals surface area contributed by atoms with E-state index in [-0.39, 0.29) is 11.8 Å². The van der Waals surface area contributed by atoms with Crippen LogP contribution in [0, 0.1) is 0 Å². The number of fused-ring (bicyclic) bond motifs is 1. The molecule has 0 aliphatic rings. The SMILES string of the molecule is CCC(=O)NCC(C)c1c[nH]c2c(Cl)c(Cl)c(OC)cc12. The van der Waals surface area contributed by atoms with Crippen LogP contribution in [0.4, 0.5) is 0 Å². The number of aromatic nitrogens is 1. The second-order valence-corrected chi connectivity index (χ2v) is 5.69. The first-order chi connectivity index (χ1) is 9.99. The van der Waals surface area contributed by atoms with E-state index in [4.69, 9.17) is 27.9 Å². The van der Waals surface area contributed by atoms with Crippen LogP contribution in [0.1, 0.15) is 31.7 Å². The fourth-order valence-corrected chi connectivity index (χ4v) is 2.73. The third-order valence-corrected chi connectivity index (χ3v) is 4.38. The number of hydrogen-bond acceptors (Lipinski definition) is 2. The number of aromatic amines is 1. The minimum Gasteiger partial charge on any atom is -0.495 e. The smallest absolute Gasteiger partial charge is 0.219 e. The molecule has 1 aromatic carbocycles. The van der Waals surface area contributed by atoms with Crippen molar-refractivity contribution < 1.29 is 9.53 Å². The van der Waals surface area contributed by atoms with Crippen LogP contribution >= 0.6 is 23.2 Å². The van der Waals surface area contributed by atoms with E-state index < -0.39 is 0 Å². The average molecular weight is 329 g/mol. The molecule has 0 bridgehead atoms. The van der Waals surface area contributed by atoms with Crippen molar-refractivity contribution in [2.24, 2.45) is 0 Å². The topological polar surface area (TPSA) is 54.1 Å². The van der Waals surface area contributed by atoms with Gasteiger partial charge >= 0.3 is 0 Å². The van der Waals surface area contributed by atoms with Gasteiger partial charge in [0.15, 0.2) is 0 Å². The Morgan fingerprint density at radius 3 is 2.76 bits per heavy atom. The molecule has 4 nitrogen and oxygen atoms in total. The normalized spacial score (nSPS) is 12.4. The Hall–Kier alpha value is -1.39. The van der Waals surface area contributed by atoms with E-state index in [0.717, 1.165) is 16.5 Å². The summed E-state index contributed by atoms with van der Waals surface area (Å²) in [4.78, 5) is 14.5. The van der Waals surface area contributed by atoms with Gasteiger partial charge in [0, 0.05) is 30.5 Å². The first-order valence-electron chi connectivity index (χ1n) is 6.79. The monoisotopic (exact) mass is 328 g/mol. The highest BCUT2D eigenvalue weighted by molar-refractivity contribution is 6.46. The molecule has 21 heavy (non-hydrogen) atoms. The summed E-state index contributed by atoms with van der Waals surface area (Å²) in [5.74, 6) is 0.733. The standard InChI is InChI=1S/C15H18Cl2N2O2/c1-4-12(20)18-6-8(2)10-7-19-15-9(10)5-11(21-3)13(16)14(15)17/h5,7-8,19H,4,6H2,1-3H3,(H,18,20). The fraction of sp³-hybridized carbons (Fsp3) is 0.400. The van der Waals surface area contributed by atoms with E-state index in [1.807, 2.05) is 26.1 Å². The maximum atomic E-state index is 11.4. The maximum Gasteiger partial charge on any atom is 0.219 e. The van der Waals surface area contributed by atoms with Crippen LogP contribution in [0.5, 0.6) is 5.75 Å². The number of carbonyl (C=O) groups excluding carboxylic acids is 1. The van der Waals surface area contributed by atoms with Gasteiger partial charge in [-0.2, -0.15) is 0 Å². The quantitative estimate of drug-likeness (QED) is 0.867. The molecule has 0 fully saturated rings. The van der Waals surface area contributed by atoms with Gasteiger partial charge in [-0.05, 0) is 11.6 Å². The number of amides is 1. The lowest BCUT2D eigenvalue weighted by atomic mass is 10.00. The third kappa shape index (κ3) is 3.11. The van der Waals surface area contributed by atoms with Crippen molar-refractivity contribution in [3.05, 3.63) is 27.9 Å². The molecule has 6 heteroatoms. The van der Waals surface area contributed by atoms with Crippen molar-refractivity contribution in [1.82, 2.24) is 10.3 Å². The molecule has 1 unspecified atom stereocenters. The third-order valence-electron chi connectivity index (χ3n) is 3.53. The first-order valence-corrected chi connectivity index (χ1v) is 7.54. The molecule has 2 aromatic rings. The van der Waals surface area contributed by atoms with Crippen LogP contribution < -0.4 is 10.1 Å². The Morgan fingerprint density at radius 1 is 1.43 bits per heavy atom. The van der Waals surface area contributed by atoms with Crippen molar-refractivity contribution in [3.63, 3.8) is 0 Å². The number of methoxy groups -OCH3 is 1. The van der Waals surface area contributed by atoms with Gasteiger partial charge in [-0.1, -0.05) is 37.0 Å². The number of nitrogens with one attached hydrogen (secondary N) is 2. The summed E-state index contributed by atoms with van der Waals surface area (Å²) >= 11 is 12.4. The van der Waals surface area contributed by atoms with Crippen molar-refractivity contribution >= 4 is 40.0 Å². The molecule has 0 aliphatic heterocycles. The highest BCUT2D eigenvalue weighted by Crippen LogP contribution is 2.40. The van der Waals surface area contributed by atoms with Gasteiger partial charge in [0.25, 0.3) is 0 Å². The molecular weight excluding hydrogens is 311 g/mol. The van der Waals surface area contributed by atoms with Gasteiger partial charge in [-0.25, -0.2) is 0 Å². The van der Waals surface area contributed by atoms with E-state index in [2.05, 4.69) is 10.3 Å². The van der Waals surface area contributed by atoms with Crippen LogP contribution in [0.25, 0.3) is 10.9 Å². The Bertz CT molecular complexity index is 667. The van der Waals surface area contributed by atoms with Gasteiger partial charge in [-0.15, -0.1) is 0 Å². The Balaban J connectivity index is 2.37.